The number of ether oxygens (including phenoxy) is 1. The van der Waals surface area contributed by atoms with Crippen molar-refractivity contribution in [1.29, 1.82) is 0 Å². The molecule has 0 radical (unpaired) electrons. The van der Waals surface area contributed by atoms with Gasteiger partial charge in [0.2, 0.25) is 5.91 Å². The zero-order valence-electron chi connectivity index (χ0n) is 13.3. The highest BCUT2D eigenvalue weighted by Gasteiger charge is 2.09. The quantitative estimate of drug-likeness (QED) is 0.833. The molecule has 1 amide bonds. The van der Waals surface area contributed by atoms with Gasteiger partial charge in [-0.15, -0.1) is 0 Å². The van der Waals surface area contributed by atoms with Crippen LogP contribution >= 0.6 is 0 Å². The van der Waals surface area contributed by atoms with Crippen LogP contribution in [0, 0.1) is 0 Å². The van der Waals surface area contributed by atoms with Gasteiger partial charge in [0, 0.05) is 31.4 Å². The third-order valence-corrected chi connectivity index (χ3v) is 3.44. The van der Waals surface area contributed by atoms with Gasteiger partial charge in [-0.3, -0.25) is 4.79 Å². The van der Waals surface area contributed by atoms with Crippen molar-refractivity contribution in [2.24, 2.45) is 0 Å². The second-order valence-electron chi connectivity index (χ2n) is 5.13. The molecule has 23 heavy (non-hydrogen) atoms. The number of rotatable bonds is 6. The van der Waals surface area contributed by atoms with Gasteiger partial charge in [0.1, 0.15) is 0 Å². The lowest BCUT2D eigenvalue weighted by atomic mass is 10.2. The fraction of sp³-hybridized carbons (Fsp3) is 0.222. The number of carbonyl (C=O) groups excluding carboxylic acids is 2. The molecule has 0 aromatic heterocycles. The number of methoxy groups -OCH3 is 1. The van der Waals surface area contributed by atoms with E-state index in [1.54, 1.807) is 24.3 Å². The maximum absolute atomic E-state index is 12.0. The van der Waals surface area contributed by atoms with Crippen LogP contribution in [0.2, 0.25) is 0 Å². The molecular formula is C18H20N2O3. The van der Waals surface area contributed by atoms with Crippen molar-refractivity contribution < 1.29 is 14.3 Å². The molecule has 0 fully saturated rings. The normalized spacial score (nSPS) is 10.0. The van der Waals surface area contributed by atoms with E-state index in [9.17, 15) is 9.59 Å². The second-order valence-corrected chi connectivity index (χ2v) is 5.13. The summed E-state index contributed by atoms with van der Waals surface area (Å²) in [6.45, 7) is 0.604. The number of hydrogen-bond acceptors (Lipinski definition) is 4. The van der Waals surface area contributed by atoms with E-state index in [0.29, 0.717) is 24.2 Å². The Labute approximate surface area is 135 Å². The molecule has 2 aromatic rings. The molecule has 0 aliphatic heterocycles. The summed E-state index contributed by atoms with van der Waals surface area (Å²) >= 11 is 0. The summed E-state index contributed by atoms with van der Waals surface area (Å²) < 4.78 is 4.67. The molecule has 2 rings (SSSR count). The molecule has 2 aromatic carbocycles. The van der Waals surface area contributed by atoms with Crippen LogP contribution in [-0.4, -0.2) is 32.6 Å². The van der Waals surface area contributed by atoms with Crippen LogP contribution in [-0.2, 0) is 9.53 Å². The molecule has 0 aliphatic rings. The van der Waals surface area contributed by atoms with Crippen LogP contribution in [0.4, 0.5) is 11.4 Å². The Hall–Kier alpha value is -2.82. The summed E-state index contributed by atoms with van der Waals surface area (Å²) in [4.78, 5) is 25.5. The van der Waals surface area contributed by atoms with Crippen LogP contribution in [0.3, 0.4) is 0 Å². The zero-order chi connectivity index (χ0) is 16.7. The van der Waals surface area contributed by atoms with Crippen molar-refractivity contribution in [3.05, 3.63) is 60.2 Å². The molecule has 5 heteroatoms. The average Bonchev–Trinajstić information content (AvgIpc) is 2.60. The van der Waals surface area contributed by atoms with E-state index in [-0.39, 0.29) is 5.91 Å². The number of carbonyl (C=O) groups is 2. The van der Waals surface area contributed by atoms with Gasteiger partial charge in [-0.1, -0.05) is 24.3 Å². The minimum atomic E-state index is -0.426. The number of benzene rings is 2. The summed E-state index contributed by atoms with van der Waals surface area (Å²) in [6.07, 6.45) is 0.355. The SMILES string of the molecule is COC(=O)c1cccc(NC(=O)CCN(C)c2ccccc2)c1. The smallest absolute Gasteiger partial charge is 0.337 e. The van der Waals surface area contributed by atoms with Crippen molar-refractivity contribution in [1.82, 2.24) is 0 Å². The summed E-state index contributed by atoms with van der Waals surface area (Å²) in [7, 11) is 3.27. The minimum Gasteiger partial charge on any atom is -0.465 e. The van der Waals surface area contributed by atoms with Gasteiger partial charge in [0.25, 0.3) is 0 Å². The molecule has 0 unspecified atom stereocenters. The molecule has 0 saturated heterocycles. The van der Waals surface area contributed by atoms with E-state index in [4.69, 9.17) is 0 Å². The number of hydrogen-bond donors (Lipinski definition) is 1. The summed E-state index contributed by atoms with van der Waals surface area (Å²) in [5.74, 6) is -0.528. The van der Waals surface area contributed by atoms with Crippen molar-refractivity contribution in [3.63, 3.8) is 0 Å². The fourth-order valence-corrected chi connectivity index (χ4v) is 2.15. The van der Waals surface area contributed by atoms with Gasteiger partial charge < -0.3 is 15.0 Å². The van der Waals surface area contributed by atoms with E-state index in [0.717, 1.165) is 5.69 Å². The van der Waals surface area contributed by atoms with Crippen molar-refractivity contribution in [2.45, 2.75) is 6.42 Å². The largest absolute Gasteiger partial charge is 0.465 e. The van der Waals surface area contributed by atoms with Gasteiger partial charge >= 0.3 is 5.97 Å². The van der Waals surface area contributed by atoms with E-state index in [1.165, 1.54) is 7.11 Å². The topological polar surface area (TPSA) is 58.6 Å². The van der Waals surface area contributed by atoms with Crippen molar-refractivity contribution >= 4 is 23.3 Å². The van der Waals surface area contributed by atoms with Gasteiger partial charge in [-0.2, -0.15) is 0 Å². The average molecular weight is 312 g/mol. The van der Waals surface area contributed by atoms with Crippen LogP contribution < -0.4 is 10.2 Å². The standard InChI is InChI=1S/C18H20N2O3/c1-20(16-9-4-3-5-10-16)12-11-17(21)19-15-8-6-7-14(13-15)18(22)23-2/h3-10,13H,11-12H2,1-2H3,(H,19,21). The Morgan fingerprint density at radius 2 is 1.83 bits per heavy atom. The Kier molecular flexibility index (Phi) is 5.74. The van der Waals surface area contributed by atoms with E-state index < -0.39 is 5.97 Å². The molecule has 0 saturated carbocycles. The van der Waals surface area contributed by atoms with Gasteiger partial charge in [-0.25, -0.2) is 4.79 Å². The van der Waals surface area contributed by atoms with E-state index >= 15 is 0 Å². The molecule has 0 heterocycles. The summed E-state index contributed by atoms with van der Waals surface area (Å²) in [5, 5.41) is 2.79. The zero-order valence-corrected chi connectivity index (χ0v) is 13.3. The highest BCUT2D eigenvalue weighted by molar-refractivity contribution is 5.94. The maximum Gasteiger partial charge on any atom is 0.337 e. The monoisotopic (exact) mass is 312 g/mol. The van der Waals surface area contributed by atoms with Gasteiger partial charge in [0.05, 0.1) is 12.7 Å². The molecule has 1 N–H and O–H groups in total. The maximum atomic E-state index is 12.0. The lowest BCUT2D eigenvalue weighted by Crippen LogP contribution is -2.23. The van der Waals surface area contributed by atoms with E-state index in [1.807, 2.05) is 42.3 Å². The van der Waals surface area contributed by atoms with Crippen LogP contribution in [0.5, 0.6) is 0 Å². The van der Waals surface area contributed by atoms with Crippen LogP contribution in [0.1, 0.15) is 16.8 Å². The van der Waals surface area contributed by atoms with Gasteiger partial charge in [0.15, 0.2) is 0 Å². The molecule has 0 aliphatic carbocycles. The highest BCUT2D eigenvalue weighted by Crippen LogP contribution is 2.13. The lowest BCUT2D eigenvalue weighted by Gasteiger charge is -2.18. The Balaban J connectivity index is 1.89. The minimum absolute atomic E-state index is 0.102. The molecular weight excluding hydrogens is 292 g/mol. The second kappa shape index (κ2) is 7.98. The Bertz CT molecular complexity index is 671. The first-order valence-electron chi connectivity index (χ1n) is 7.34. The lowest BCUT2D eigenvalue weighted by molar-refractivity contribution is -0.116. The summed E-state index contributed by atoms with van der Waals surface area (Å²) in [6, 6.07) is 16.6. The molecule has 0 bridgehead atoms. The predicted molar refractivity (Wildman–Crippen MR) is 90.7 cm³/mol. The molecule has 0 atom stereocenters. The molecule has 0 spiro atoms. The van der Waals surface area contributed by atoms with Crippen molar-refractivity contribution in [2.75, 3.05) is 30.9 Å². The highest BCUT2D eigenvalue weighted by atomic mass is 16.5. The number of nitrogens with zero attached hydrogens (tertiary/aromatic N) is 1. The predicted octanol–water partition coefficient (Wildman–Crippen LogP) is 2.94. The Morgan fingerprint density at radius 3 is 2.52 bits per heavy atom. The number of esters is 1. The first kappa shape index (κ1) is 16.5. The van der Waals surface area contributed by atoms with Gasteiger partial charge in [-0.05, 0) is 30.3 Å². The number of para-hydroxylation sites is 1. The van der Waals surface area contributed by atoms with Crippen LogP contribution in [0.25, 0.3) is 0 Å². The number of amides is 1. The number of nitrogens with one attached hydrogen (secondary N) is 1. The van der Waals surface area contributed by atoms with Crippen LogP contribution in [0.15, 0.2) is 54.6 Å². The first-order valence-corrected chi connectivity index (χ1v) is 7.34. The van der Waals surface area contributed by atoms with E-state index in [2.05, 4.69) is 10.1 Å². The van der Waals surface area contributed by atoms with Crippen molar-refractivity contribution in [3.8, 4) is 0 Å². The Morgan fingerprint density at radius 1 is 1.09 bits per heavy atom. The third-order valence-electron chi connectivity index (χ3n) is 3.44. The third kappa shape index (κ3) is 4.85. The molecule has 120 valence electrons. The first-order chi connectivity index (χ1) is 11.1. The number of anilines is 2. The fourth-order valence-electron chi connectivity index (χ4n) is 2.15. The molecule has 5 nitrogen and oxygen atoms in total. The summed E-state index contributed by atoms with van der Waals surface area (Å²) in [5.41, 5.74) is 2.06.